The van der Waals surface area contributed by atoms with Crippen LogP contribution >= 0.6 is 0 Å². The van der Waals surface area contributed by atoms with Gasteiger partial charge in [0.05, 0.1) is 0 Å². The Kier molecular flexibility index (Phi) is 850000. The molecule has 0 saturated heterocycles. The Hall–Kier alpha value is -0.0400. The molecule has 0 radical (unpaired) electrons. The predicted octanol–water partition coefficient (Wildman–Crippen LogP) is 2.90. The molecule has 0 aliphatic heterocycles. The summed E-state index contributed by atoms with van der Waals surface area (Å²) < 4.78 is 0. The van der Waals surface area contributed by atoms with Gasteiger partial charge in [0.2, 0.25) is 0 Å². The Morgan fingerprint density at radius 1 is 0.625 bits per heavy atom. The van der Waals surface area contributed by atoms with Crippen LogP contribution in [0.2, 0.25) is 0 Å². The van der Waals surface area contributed by atoms with Gasteiger partial charge in [-0.15, -0.1) is 0 Å². The van der Waals surface area contributed by atoms with Crippen LogP contribution in [-0.2, 0) is 0 Å². The molecule has 0 spiro atoms. The fourth-order valence-corrected chi connectivity index (χ4v) is 0. The fraction of sp³-hybridized carbons (Fsp3) is 1.00. The highest BCUT2D eigenvalue weighted by atomic mass is 14.4. The summed E-state index contributed by atoms with van der Waals surface area (Å²) in [5.41, 5.74) is 4.50. The van der Waals surface area contributed by atoms with Gasteiger partial charge >= 0.3 is 0 Å². The number of rotatable bonds is 0. The highest BCUT2D eigenvalue weighted by Gasteiger charge is 0.934. The molecule has 0 aliphatic carbocycles. The molecule has 0 bridgehead atoms. The van der Waals surface area contributed by atoms with Gasteiger partial charge in [0.25, 0.3) is 0 Å². The molecule has 0 aromatic rings. The molecular weight excluding hydrogens is 98.1 g/mol. The van der Waals surface area contributed by atoms with Crippen LogP contribution in [0.5, 0.6) is 0 Å². The third kappa shape index (κ3) is 91600. The van der Waals surface area contributed by atoms with Crippen molar-refractivity contribution in [2.75, 3.05) is 7.05 Å². The fourth-order valence-electron chi connectivity index (χ4n) is 0. The van der Waals surface area contributed by atoms with E-state index in [-0.39, 0.29) is 14.9 Å². The smallest absolute Gasteiger partial charge is 0.0195 e. The average Bonchev–Trinajstić information content (AvgIpc) is 1.81. The van der Waals surface area contributed by atoms with Gasteiger partial charge in [-0.1, -0.05) is 42.5 Å². The second-order valence-corrected chi connectivity index (χ2v) is 0. The minimum atomic E-state index is 0. The van der Waals surface area contributed by atoms with E-state index in [4.69, 9.17) is 0 Å². The Morgan fingerprint density at radius 2 is 0.625 bits per heavy atom. The molecule has 0 atom stereocenters. The number of hydrogen-bond donors (Lipinski definition) is 1. The van der Waals surface area contributed by atoms with Gasteiger partial charge < -0.3 is 5.73 Å². The van der Waals surface area contributed by atoms with Crippen LogP contribution in [0.15, 0.2) is 0 Å². The summed E-state index contributed by atoms with van der Waals surface area (Å²) in [4.78, 5) is 0. The summed E-state index contributed by atoms with van der Waals surface area (Å²) >= 11 is 0. The zero-order valence-electron chi connectivity index (χ0n) is 5.58. The third-order valence-corrected chi connectivity index (χ3v) is 0. The Balaban J connectivity index is -0.00000000500. The molecule has 0 aliphatic rings. The third-order valence-electron chi connectivity index (χ3n) is 0. The van der Waals surface area contributed by atoms with Crippen LogP contribution in [0.4, 0.5) is 0 Å². The number of nitrogens with two attached hydrogens (primary N) is 1. The summed E-state index contributed by atoms with van der Waals surface area (Å²) in [7, 11) is 1.50. The first kappa shape index (κ1) is 44.0. The van der Waals surface area contributed by atoms with Crippen molar-refractivity contribution in [1.29, 1.82) is 0 Å². The zero-order chi connectivity index (χ0) is 6.00. The second kappa shape index (κ2) is 155000. The highest BCUT2D eigenvalue weighted by Crippen LogP contribution is 1.15. The lowest BCUT2D eigenvalue weighted by Crippen LogP contribution is -1.69. The quantitative estimate of drug-likeness (QED) is 0.526. The lowest BCUT2D eigenvalue weighted by molar-refractivity contribution is 1.48. The van der Waals surface area contributed by atoms with Gasteiger partial charge in [0.1, 0.15) is 0 Å². The van der Waals surface area contributed by atoms with Gasteiger partial charge in [-0.25, -0.2) is 0 Å². The van der Waals surface area contributed by atoms with Crippen molar-refractivity contribution in [2.45, 2.75) is 42.5 Å². The highest BCUT2D eigenvalue weighted by molar-refractivity contribution is 3.54. The lowest BCUT2D eigenvalue weighted by Gasteiger charge is -1.19. The van der Waals surface area contributed by atoms with Gasteiger partial charge in [0.15, 0.2) is 0 Å². The van der Waals surface area contributed by atoms with E-state index in [9.17, 15) is 0 Å². The van der Waals surface area contributed by atoms with Crippen LogP contribution in [0.25, 0.3) is 0 Å². The number of hydrogen-bond acceptors (Lipinski definition) is 1. The van der Waals surface area contributed by atoms with Gasteiger partial charge in [-0.05, 0) is 7.05 Å². The topological polar surface area (TPSA) is 26.0 Å². The van der Waals surface area contributed by atoms with Gasteiger partial charge in [0, 0.05) is 0 Å². The molecule has 1 heteroatoms. The van der Waals surface area contributed by atoms with Crippen molar-refractivity contribution >= 4 is 0 Å². The van der Waals surface area contributed by atoms with Crippen molar-refractivity contribution < 1.29 is 0 Å². The Labute approximate surface area is 56.3 Å². The molecule has 2 N–H and O–H groups in total. The largest absolute Gasteiger partial charge is 0.333 e. The second-order valence-electron chi connectivity index (χ2n) is 0. The minimum absolute atomic E-state index is 0. The monoisotopic (exact) mass is 123 g/mol. The summed E-state index contributed by atoms with van der Waals surface area (Å²) in [5.74, 6) is 0. The van der Waals surface area contributed by atoms with Crippen molar-refractivity contribution in [1.82, 2.24) is 0 Å². The first-order chi connectivity index (χ1) is 3.00. The Bertz CT molecular complexity index is 4.35. The molecular formula is C7H25N. The maximum Gasteiger partial charge on any atom is -0.0195 e. The van der Waals surface area contributed by atoms with Crippen molar-refractivity contribution in [3.8, 4) is 0 Å². The van der Waals surface area contributed by atoms with E-state index in [1.165, 1.54) is 7.05 Å². The van der Waals surface area contributed by atoms with Crippen LogP contribution in [0, 0.1) is 0 Å². The Morgan fingerprint density at radius 3 is 0.625 bits per heavy atom. The normalized spacial score (nSPS) is 2.25. The first-order valence-corrected chi connectivity index (χ1v) is 2.58. The van der Waals surface area contributed by atoms with E-state index in [1.807, 2.05) is 27.7 Å². The van der Waals surface area contributed by atoms with Crippen molar-refractivity contribution in [2.24, 2.45) is 5.73 Å². The molecule has 0 rings (SSSR count). The van der Waals surface area contributed by atoms with E-state index in [2.05, 4.69) is 5.73 Å². The standard InChI is InChI=1S/2C2H6.CH5N.2CH4/c3*1-2;;/h2*1-2H3;2H2,1H3;2*1H4. The zero-order valence-corrected chi connectivity index (χ0v) is 5.58. The van der Waals surface area contributed by atoms with Gasteiger partial charge in [-0.3, -0.25) is 0 Å². The maximum atomic E-state index is 4.50. The molecule has 0 heterocycles. The van der Waals surface area contributed by atoms with E-state index in [0.29, 0.717) is 0 Å². The lowest BCUT2D eigenvalue weighted by atomic mass is 11.0. The van der Waals surface area contributed by atoms with Crippen molar-refractivity contribution in [3.05, 3.63) is 0 Å². The molecule has 8 heavy (non-hydrogen) atoms. The molecule has 0 fully saturated rings. The average molecular weight is 123 g/mol. The SMILES string of the molecule is C.C.CC.CC.CN. The summed E-state index contributed by atoms with van der Waals surface area (Å²) in [6.07, 6.45) is 0. The van der Waals surface area contributed by atoms with Crippen LogP contribution in [0.1, 0.15) is 42.5 Å². The molecule has 0 amide bonds. The minimum Gasteiger partial charge on any atom is -0.333 e. The molecule has 58 valence electrons. The van der Waals surface area contributed by atoms with E-state index in [0.717, 1.165) is 0 Å². The molecule has 0 aromatic carbocycles. The van der Waals surface area contributed by atoms with E-state index >= 15 is 0 Å². The molecule has 0 saturated carbocycles. The summed E-state index contributed by atoms with van der Waals surface area (Å²) in [6, 6.07) is 0. The van der Waals surface area contributed by atoms with E-state index in [1.54, 1.807) is 0 Å². The van der Waals surface area contributed by atoms with Crippen LogP contribution in [0.3, 0.4) is 0 Å². The van der Waals surface area contributed by atoms with Crippen molar-refractivity contribution in [3.63, 3.8) is 0 Å². The van der Waals surface area contributed by atoms with Crippen LogP contribution in [-0.4, -0.2) is 7.05 Å². The summed E-state index contributed by atoms with van der Waals surface area (Å²) in [6.45, 7) is 8.00. The summed E-state index contributed by atoms with van der Waals surface area (Å²) in [5, 5.41) is 0. The molecule has 0 aromatic heterocycles. The first-order valence-electron chi connectivity index (χ1n) is 2.58. The van der Waals surface area contributed by atoms with Gasteiger partial charge in [-0.2, -0.15) is 0 Å². The predicted molar refractivity (Wildman–Crippen MR) is 46.3 cm³/mol. The van der Waals surface area contributed by atoms with E-state index < -0.39 is 0 Å². The molecule has 0 unspecified atom stereocenters. The molecule has 1 nitrogen and oxygen atoms in total. The van der Waals surface area contributed by atoms with Crippen LogP contribution < -0.4 is 5.73 Å². The maximum absolute atomic E-state index is 4.50.